The van der Waals surface area contributed by atoms with Gasteiger partial charge in [0.25, 0.3) is 5.91 Å². The smallest absolute Gasteiger partial charge is 0.255 e. The first-order valence-corrected chi connectivity index (χ1v) is 8.41. The molecule has 1 aromatic rings. The number of rotatable bonds is 7. The summed E-state index contributed by atoms with van der Waals surface area (Å²) in [5.74, 6) is 0.617. The molecule has 1 fully saturated rings. The predicted molar refractivity (Wildman–Crippen MR) is 93.2 cm³/mol. The molecule has 0 aliphatic carbocycles. The van der Waals surface area contributed by atoms with Crippen molar-refractivity contribution in [3.8, 4) is 5.75 Å². The highest BCUT2D eigenvalue weighted by Gasteiger charge is 2.30. The second-order valence-electron chi connectivity index (χ2n) is 6.24. The lowest BCUT2D eigenvalue weighted by atomic mass is 10.2. The number of likely N-dealkylation sites (tertiary alicyclic amines) is 1. The van der Waals surface area contributed by atoms with Gasteiger partial charge in [0, 0.05) is 27.2 Å². The molecule has 0 radical (unpaired) electrons. The number of hydrogen-bond donors (Lipinski definition) is 1. The van der Waals surface area contributed by atoms with Crippen molar-refractivity contribution in [2.24, 2.45) is 0 Å². The summed E-state index contributed by atoms with van der Waals surface area (Å²) >= 11 is 0. The Balaban J connectivity index is 1.78. The highest BCUT2D eigenvalue weighted by Crippen LogP contribution is 2.19. The van der Waals surface area contributed by atoms with Crippen LogP contribution in [0.15, 0.2) is 24.3 Å². The number of nitrogens with one attached hydrogen (secondary N) is 1. The number of nitrogens with zero attached hydrogens (tertiary/aromatic N) is 2. The molecule has 24 heavy (non-hydrogen) atoms. The van der Waals surface area contributed by atoms with Crippen molar-refractivity contribution < 1.29 is 14.3 Å². The Morgan fingerprint density at radius 1 is 1.33 bits per heavy atom. The first-order chi connectivity index (χ1) is 11.5. The zero-order valence-electron chi connectivity index (χ0n) is 14.7. The van der Waals surface area contributed by atoms with Gasteiger partial charge in [-0.2, -0.15) is 0 Å². The molecular weight excluding hydrogens is 306 g/mol. The van der Waals surface area contributed by atoms with Crippen LogP contribution in [0.4, 0.5) is 0 Å². The molecule has 2 rings (SSSR count). The molecule has 0 aromatic heterocycles. The summed E-state index contributed by atoms with van der Waals surface area (Å²) in [4.78, 5) is 28.2. The highest BCUT2D eigenvalue weighted by atomic mass is 16.5. The monoisotopic (exact) mass is 333 g/mol. The van der Waals surface area contributed by atoms with Gasteiger partial charge in [0.1, 0.15) is 5.75 Å². The second-order valence-corrected chi connectivity index (χ2v) is 6.24. The Bertz CT molecular complexity index is 574. The van der Waals surface area contributed by atoms with Gasteiger partial charge in [-0.05, 0) is 37.9 Å². The maximum absolute atomic E-state index is 12.2. The maximum atomic E-state index is 12.2. The molecule has 1 aliphatic heterocycles. The van der Waals surface area contributed by atoms with Gasteiger partial charge in [-0.25, -0.2) is 0 Å². The van der Waals surface area contributed by atoms with E-state index < -0.39 is 0 Å². The number of benzene rings is 1. The largest absolute Gasteiger partial charge is 0.496 e. The molecule has 1 atom stereocenters. The molecule has 1 saturated heterocycles. The Morgan fingerprint density at radius 2 is 2.08 bits per heavy atom. The van der Waals surface area contributed by atoms with Crippen molar-refractivity contribution in [1.82, 2.24) is 15.1 Å². The number of likely N-dealkylation sites (N-methyl/N-ethyl adjacent to an activating group) is 1. The topological polar surface area (TPSA) is 61.9 Å². The van der Waals surface area contributed by atoms with E-state index in [-0.39, 0.29) is 17.9 Å². The zero-order chi connectivity index (χ0) is 17.5. The minimum absolute atomic E-state index is 0.00933. The van der Waals surface area contributed by atoms with Crippen molar-refractivity contribution in [2.75, 3.05) is 40.8 Å². The van der Waals surface area contributed by atoms with Crippen LogP contribution in [0.5, 0.6) is 5.75 Å². The summed E-state index contributed by atoms with van der Waals surface area (Å²) in [7, 11) is 5.15. The SMILES string of the molecule is COc1ccccc1C(=O)NCCCN1CCCC1C(=O)N(C)C. The number of ether oxygens (including phenoxy) is 1. The van der Waals surface area contributed by atoms with E-state index in [2.05, 4.69) is 10.2 Å². The Kier molecular flexibility index (Phi) is 6.61. The summed E-state index contributed by atoms with van der Waals surface area (Å²) in [6, 6.07) is 7.17. The molecule has 1 aliphatic rings. The van der Waals surface area contributed by atoms with Gasteiger partial charge < -0.3 is 15.0 Å². The van der Waals surface area contributed by atoms with Crippen LogP contribution in [0, 0.1) is 0 Å². The van der Waals surface area contributed by atoms with Gasteiger partial charge in [-0.15, -0.1) is 0 Å². The average Bonchev–Trinajstić information content (AvgIpc) is 3.06. The summed E-state index contributed by atoms with van der Waals surface area (Å²) in [6.45, 7) is 2.34. The second kappa shape index (κ2) is 8.68. The molecule has 6 heteroatoms. The van der Waals surface area contributed by atoms with Crippen molar-refractivity contribution in [1.29, 1.82) is 0 Å². The van der Waals surface area contributed by atoms with E-state index in [0.717, 1.165) is 32.4 Å². The van der Waals surface area contributed by atoms with Gasteiger partial charge >= 0.3 is 0 Å². The molecule has 132 valence electrons. The summed E-state index contributed by atoms with van der Waals surface area (Å²) in [5, 5.41) is 2.92. The first-order valence-electron chi connectivity index (χ1n) is 8.41. The van der Waals surface area contributed by atoms with Crippen LogP contribution < -0.4 is 10.1 Å². The normalized spacial score (nSPS) is 17.5. The molecule has 6 nitrogen and oxygen atoms in total. The molecule has 0 spiro atoms. The van der Waals surface area contributed by atoms with E-state index in [1.54, 1.807) is 38.2 Å². The summed E-state index contributed by atoms with van der Waals surface area (Å²) < 4.78 is 5.21. The number of para-hydroxylation sites is 1. The van der Waals surface area contributed by atoms with E-state index in [4.69, 9.17) is 4.74 Å². The molecule has 1 N–H and O–H groups in total. The molecule has 1 aromatic carbocycles. The lowest BCUT2D eigenvalue weighted by Gasteiger charge is -2.26. The van der Waals surface area contributed by atoms with Crippen LogP contribution >= 0.6 is 0 Å². The van der Waals surface area contributed by atoms with Crippen LogP contribution in [-0.2, 0) is 4.79 Å². The van der Waals surface area contributed by atoms with Gasteiger partial charge in [-0.1, -0.05) is 12.1 Å². The molecule has 0 bridgehead atoms. The fourth-order valence-electron chi connectivity index (χ4n) is 3.08. The number of carbonyl (C=O) groups is 2. The van der Waals surface area contributed by atoms with Gasteiger partial charge in [0.2, 0.25) is 5.91 Å². The summed E-state index contributed by atoms with van der Waals surface area (Å²) in [5.41, 5.74) is 0.543. The van der Waals surface area contributed by atoms with E-state index in [1.807, 2.05) is 12.1 Å². The minimum Gasteiger partial charge on any atom is -0.496 e. The van der Waals surface area contributed by atoms with Crippen molar-refractivity contribution in [3.05, 3.63) is 29.8 Å². The fraction of sp³-hybridized carbons (Fsp3) is 0.556. The Morgan fingerprint density at radius 3 is 2.79 bits per heavy atom. The third-order valence-electron chi connectivity index (χ3n) is 4.35. The Labute approximate surface area is 143 Å². The van der Waals surface area contributed by atoms with E-state index in [1.165, 1.54) is 0 Å². The zero-order valence-corrected chi connectivity index (χ0v) is 14.7. The predicted octanol–water partition coefficient (Wildman–Crippen LogP) is 1.37. The Hall–Kier alpha value is -2.08. The van der Waals surface area contributed by atoms with Crippen molar-refractivity contribution in [2.45, 2.75) is 25.3 Å². The van der Waals surface area contributed by atoms with E-state index in [9.17, 15) is 9.59 Å². The van der Waals surface area contributed by atoms with Crippen molar-refractivity contribution in [3.63, 3.8) is 0 Å². The van der Waals surface area contributed by atoms with Crippen LogP contribution in [0.3, 0.4) is 0 Å². The average molecular weight is 333 g/mol. The molecule has 1 heterocycles. The standard InChI is InChI=1S/C18H27N3O3/c1-20(2)18(23)15-9-6-12-21(15)13-7-11-19-17(22)14-8-4-5-10-16(14)24-3/h4-5,8,10,15H,6-7,9,11-13H2,1-3H3,(H,19,22). The maximum Gasteiger partial charge on any atom is 0.255 e. The van der Waals surface area contributed by atoms with Crippen LogP contribution in [0.25, 0.3) is 0 Å². The molecular formula is C18H27N3O3. The van der Waals surface area contributed by atoms with Gasteiger partial charge in [0.15, 0.2) is 0 Å². The molecule has 0 saturated carbocycles. The quantitative estimate of drug-likeness (QED) is 0.766. The lowest BCUT2D eigenvalue weighted by Crippen LogP contribution is -2.43. The third kappa shape index (κ3) is 4.47. The van der Waals surface area contributed by atoms with Crippen LogP contribution in [-0.4, -0.2) is 68.5 Å². The highest BCUT2D eigenvalue weighted by molar-refractivity contribution is 5.96. The lowest BCUT2D eigenvalue weighted by molar-refractivity contribution is -0.133. The van der Waals surface area contributed by atoms with Crippen molar-refractivity contribution >= 4 is 11.8 Å². The first kappa shape index (κ1) is 18.3. The number of hydrogen-bond acceptors (Lipinski definition) is 4. The van der Waals surface area contributed by atoms with Gasteiger partial charge in [-0.3, -0.25) is 14.5 Å². The van der Waals surface area contributed by atoms with E-state index >= 15 is 0 Å². The summed E-state index contributed by atoms with van der Waals surface area (Å²) in [6.07, 6.45) is 2.79. The third-order valence-corrected chi connectivity index (χ3v) is 4.35. The van der Waals surface area contributed by atoms with Crippen LogP contribution in [0.1, 0.15) is 29.6 Å². The number of methoxy groups -OCH3 is 1. The number of amides is 2. The van der Waals surface area contributed by atoms with Crippen LogP contribution in [0.2, 0.25) is 0 Å². The van der Waals surface area contributed by atoms with E-state index in [0.29, 0.717) is 17.9 Å². The molecule has 2 amide bonds. The van der Waals surface area contributed by atoms with Gasteiger partial charge in [0.05, 0.1) is 18.7 Å². The molecule has 1 unspecified atom stereocenters. The fourth-order valence-corrected chi connectivity index (χ4v) is 3.08. The number of carbonyl (C=O) groups excluding carboxylic acids is 2. The minimum atomic E-state index is -0.130.